The predicted octanol–water partition coefficient (Wildman–Crippen LogP) is 4.81. The Labute approximate surface area is 228 Å². The molecule has 37 heavy (non-hydrogen) atoms. The number of amides is 2. The van der Waals surface area contributed by atoms with E-state index in [1.165, 1.54) is 23.1 Å². The van der Waals surface area contributed by atoms with E-state index in [4.69, 9.17) is 16.3 Å². The Morgan fingerprint density at radius 2 is 1.92 bits per heavy atom. The van der Waals surface area contributed by atoms with Gasteiger partial charge in [0, 0.05) is 22.5 Å². The first-order valence-electron chi connectivity index (χ1n) is 12.0. The maximum absolute atomic E-state index is 12.8. The Kier molecular flexibility index (Phi) is 8.88. The number of hydrogen-bond acceptors (Lipinski definition) is 8. The molecule has 1 aliphatic rings. The van der Waals surface area contributed by atoms with Crippen molar-refractivity contribution >= 4 is 57.5 Å². The summed E-state index contributed by atoms with van der Waals surface area (Å²) >= 11 is 8.58. The quantitative estimate of drug-likeness (QED) is 0.284. The van der Waals surface area contributed by atoms with Crippen LogP contribution in [0.3, 0.4) is 0 Å². The average molecular weight is 562 g/mol. The summed E-state index contributed by atoms with van der Waals surface area (Å²) < 4.78 is 7.01. The minimum Gasteiger partial charge on any atom is -0.462 e. The van der Waals surface area contributed by atoms with Crippen LogP contribution in [0.25, 0.3) is 0 Å². The lowest BCUT2D eigenvalue weighted by Gasteiger charge is -2.13. The second kappa shape index (κ2) is 12.1. The van der Waals surface area contributed by atoms with Crippen molar-refractivity contribution in [3.8, 4) is 0 Å². The number of benzene rings is 1. The SMILES string of the molecule is CCOC(=O)c1c(NC(=O)CSc2nnc([C@H](C)NC(=O)c3ccc(Cl)cc3)n2C)sc2c1CCCC2. The highest BCUT2D eigenvalue weighted by Crippen LogP contribution is 2.38. The number of anilines is 1. The zero-order chi connectivity index (χ0) is 26.5. The third-order valence-electron chi connectivity index (χ3n) is 5.95. The summed E-state index contributed by atoms with van der Waals surface area (Å²) in [6.45, 7) is 3.86. The first-order chi connectivity index (χ1) is 17.8. The second-order valence-electron chi connectivity index (χ2n) is 8.57. The first kappa shape index (κ1) is 27.2. The molecule has 1 aromatic carbocycles. The molecule has 0 aliphatic heterocycles. The first-order valence-corrected chi connectivity index (χ1v) is 14.2. The Morgan fingerprint density at radius 1 is 1.19 bits per heavy atom. The van der Waals surface area contributed by atoms with Crippen molar-refractivity contribution < 1.29 is 19.1 Å². The van der Waals surface area contributed by atoms with E-state index < -0.39 is 12.0 Å². The maximum Gasteiger partial charge on any atom is 0.341 e. The number of fused-ring (bicyclic) bond motifs is 1. The molecule has 0 fully saturated rings. The molecule has 2 aromatic heterocycles. The second-order valence-corrected chi connectivity index (χ2v) is 11.1. The van der Waals surface area contributed by atoms with Gasteiger partial charge in [0.1, 0.15) is 5.00 Å². The number of aryl methyl sites for hydroxylation is 1. The van der Waals surface area contributed by atoms with E-state index in [9.17, 15) is 14.4 Å². The van der Waals surface area contributed by atoms with Crippen molar-refractivity contribution in [2.24, 2.45) is 7.05 Å². The molecule has 9 nitrogen and oxygen atoms in total. The number of nitrogens with zero attached hydrogens (tertiary/aromatic N) is 3. The maximum atomic E-state index is 12.8. The van der Waals surface area contributed by atoms with Gasteiger partial charge in [-0.1, -0.05) is 23.4 Å². The third-order valence-corrected chi connectivity index (χ3v) is 8.43. The summed E-state index contributed by atoms with van der Waals surface area (Å²) in [7, 11) is 1.78. The Balaban J connectivity index is 1.38. The van der Waals surface area contributed by atoms with Crippen LogP contribution in [0, 0.1) is 0 Å². The van der Waals surface area contributed by atoms with Crippen LogP contribution in [-0.4, -0.2) is 44.9 Å². The molecule has 0 unspecified atom stereocenters. The molecular weight excluding hydrogens is 534 g/mol. The topological polar surface area (TPSA) is 115 Å². The van der Waals surface area contributed by atoms with Crippen molar-refractivity contribution in [3.05, 3.63) is 56.7 Å². The number of nitrogens with one attached hydrogen (secondary N) is 2. The van der Waals surface area contributed by atoms with E-state index in [2.05, 4.69) is 20.8 Å². The van der Waals surface area contributed by atoms with Crippen molar-refractivity contribution in [1.82, 2.24) is 20.1 Å². The molecule has 4 rings (SSSR count). The van der Waals surface area contributed by atoms with Gasteiger partial charge in [-0.25, -0.2) is 4.79 Å². The lowest BCUT2D eigenvalue weighted by atomic mass is 9.95. The van der Waals surface area contributed by atoms with Crippen LogP contribution in [0.1, 0.15) is 69.7 Å². The van der Waals surface area contributed by atoms with Crippen LogP contribution in [0.15, 0.2) is 29.4 Å². The van der Waals surface area contributed by atoms with Gasteiger partial charge in [0.2, 0.25) is 5.91 Å². The van der Waals surface area contributed by atoms with Crippen LogP contribution in [-0.2, 0) is 29.4 Å². The lowest BCUT2D eigenvalue weighted by molar-refractivity contribution is -0.113. The number of thioether (sulfide) groups is 1. The summed E-state index contributed by atoms with van der Waals surface area (Å²) in [5, 5.41) is 15.8. The summed E-state index contributed by atoms with van der Waals surface area (Å²) in [6.07, 6.45) is 3.82. The van der Waals surface area contributed by atoms with E-state index in [-0.39, 0.29) is 24.2 Å². The van der Waals surface area contributed by atoms with E-state index in [0.717, 1.165) is 36.1 Å². The molecule has 1 atom stereocenters. The minimum absolute atomic E-state index is 0.0856. The van der Waals surface area contributed by atoms with Crippen molar-refractivity contribution in [3.63, 3.8) is 0 Å². The Bertz CT molecular complexity index is 1310. The molecule has 0 saturated heterocycles. The van der Waals surface area contributed by atoms with Gasteiger partial charge in [0.05, 0.1) is 24.0 Å². The van der Waals surface area contributed by atoms with Crippen LogP contribution in [0.4, 0.5) is 5.00 Å². The van der Waals surface area contributed by atoms with Gasteiger partial charge >= 0.3 is 5.97 Å². The third kappa shape index (κ3) is 6.34. The van der Waals surface area contributed by atoms with Crippen LogP contribution in [0.2, 0.25) is 5.02 Å². The van der Waals surface area contributed by atoms with Crippen LogP contribution in [0.5, 0.6) is 0 Å². The number of ether oxygens (including phenoxy) is 1. The monoisotopic (exact) mass is 561 g/mol. The van der Waals surface area contributed by atoms with Gasteiger partial charge in [0.15, 0.2) is 11.0 Å². The average Bonchev–Trinajstić information content (AvgIpc) is 3.42. The zero-order valence-corrected chi connectivity index (χ0v) is 23.2. The van der Waals surface area contributed by atoms with E-state index >= 15 is 0 Å². The summed E-state index contributed by atoms with van der Waals surface area (Å²) in [6, 6.07) is 6.21. The molecule has 2 amide bonds. The lowest BCUT2D eigenvalue weighted by Crippen LogP contribution is -2.28. The number of esters is 1. The molecule has 0 spiro atoms. The standard InChI is InChI=1S/C25H28ClN5O4S2/c1-4-35-24(34)20-17-7-5-6-8-18(17)37-23(20)28-19(32)13-36-25-30-29-21(31(25)3)14(2)27-22(33)15-9-11-16(26)12-10-15/h9-12,14H,4-8,13H2,1-3H3,(H,27,33)(H,28,32)/t14-/m0/s1. The molecule has 2 N–H and O–H groups in total. The number of hydrogen-bond donors (Lipinski definition) is 2. The summed E-state index contributed by atoms with van der Waals surface area (Å²) in [5.41, 5.74) is 1.98. The number of rotatable bonds is 9. The van der Waals surface area contributed by atoms with E-state index in [1.807, 2.05) is 6.92 Å². The van der Waals surface area contributed by atoms with Crippen molar-refractivity contribution in [2.75, 3.05) is 17.7 Å². The Morgan fingerprint density at radius 3 is 2.65 bits per heavy atom. The van der Waals surface area contributed by atoms with Crippen molar-refractivity contribution in [2.45, 2.75) is 50.7 Å². The van der Waals surface area contributed by atoms with Gasteiger partial charge in [-0.2, -0.15) is 0 Å². The Hall–Kier alpha value is -2.89. The van der Waals surface area contributed by atoms with Gasteiger partial charge in [-0.3, -0.25) is 9.59 Å². The van der Waals surface area contributed by atoms with Gasteiger partial charge in [0.25, 0.3) is 5.91 Å². The van der Waals surface area contributed by atoms with Crippen LogP contribution < -0.4 is 10.6 Å². The highest BCUT2D eigenvalue weighted by molar-refractivity contribution is 7.99. The molecular formula is C25H28ClN5O4S2. The van der Waals surface area contributed by atoms with E-state index in [0.29, 0.717) is 32.1 Å². The highest BCUT2D eigenvalue weighted by Gasteiger charge is 2.27. The molecule has 3 aromatic rings. The van der Waals surface area contributed by atoms with Gasteiger partial charge < -0.3 is 19.9 Å². The number of halogens is 1. The molecule has 1 aliphatic carbocycles. The van der Waals surface area contributed by atoms with Gasteiger partial charge in [-0.05, 0) is 69.4 Å². The number of carbonyl (C=O) groups excluding carboxylic acids is 3. The van der Waals surface area contributed by atoms with E-state index in [1.54, 1.807) is 42.8 Å². The number of thiophene rings is 1. The van der Waals surface area contributed by atoms with Gasteiger partial charge in [-0.15, -0.1) is 21.5 Å². The molecule has 0 radical (unpaired) electrons. The summed E-state index contributed by atoms with van der Waals surface area (Å²) in [5.74, 6) is -0.250. The fraction of sp³-hybridized carbons (Fsp3) is 0.400. The number of aromatic nitrogens is 3. The zero-order valence-electron chi connectivity index (χ0n) is 20.8. The fourth-order valence-electron chi connectivity index (χ4n) is 4.14. The molecule has 0 saturated carbocycles. The molecule has 2 heterocycles. The minimum atomic E-state index is -0.409. The molecule has 12 heteroatoms. The largest absolute Gasteiger partial charge is 0.462 e. The smallest absolute Gasteiger partial charge is 0.341 e. The molecule has 0 bridgehead atoms. The summed E-state index contributed by atoms with van der Waals surface area (Å²) in [4.78, 5) is 39.1. The fourth-order valence-corrected chi connectivity index (χ4v) is 6.28. The predicted molar refractivity (Wildman–Crippen MR) is 145 cm³/mol. The highest BCUT2D eigenvalue weighted by atomic mass is 35.5. The normalized spacial score (nSPS) is 13.5. The van der Waals surface area contributed by atoms with Crippen LogP contribution >= 0.6 is 34.7 Å². The molecule has 196 valence electrons. The number of carbonyl (C=O) groups is 3. The van der Waals surface area contributed by atoms with Crippen molar-refractivity contribution in [1.29, 1.82) is 0 Å².